The summed E-state index contributed by atoms with van der Waals surface area (Å²) in [5, 5.41) is 7.51. The van der Waals surface area contributed by atoms with Crippen molar-refractivity contribution in [1.29, 1.82) is 5.41 Å². The van der Waals surface area contributed by atoms with Crippen molar-refractivity contribution < 1.29 is 0 Å². The molecule has 0 aromatic carbocycles. The molecule has 0 amide bonds. The highest BCUT2D eigenvalue weighted by Gasteiger charge is 2.21. The summed E-state index contributed by atoms with van der Waals surface area (Å²) in [6, 6.07) is 5.94. The molecule has 0 unspecified atom stereocenters. The lowest BCUT2D eigenvalue weighted by molar-refractivity contribution is 0.281. The molecule has 17 heavy (non-hydrogen) atoms. The number of aromatic nitrogens is 1. The number of hydrogen-bond donors (Lipinski definition) is 2. The van der Waals surface area contributed by atoms with Gasteiger partial charge in [-0.3, -0.25) is 10.4 Å². The molecule has 0 bridgehead atoms. The van der Waals surface area contributed by atoms with Crippen molar-refractivity contribution in [2.75, 3.05) is 13.6 Å². The van der Waals surface area contributed by atoms with Gasteiger partial charge < -0.3 is 10.6 Å². The predicted octanol–water partition coefficient (Wildman–Crippen LogP) is 1.87. The molecule has 0 atom stereocenters. The first-order valence-electron chi connectivity index (χ1n) is 5.85. The van der Waals surface area contributed by atoms with Gasteiger partial charge in [0.1, 0.15) is 0 Å². The minimum Gasteiger partial charge on any atom is -0.387 e. The van der Waals surface area contributed by atoms with Gasteiger partial charge in [0.15, 0.2) is 0 Å². The van der Waals surface area contributed by atoms with Gasteiger partial charge in [-0.2, -0.15) is 0 Å². The van der Waals surface area contributed by atoms with E-state index >= 15 is 0 Å². The number of nitrogens with two attached hydrogens (primary N) is 1. The normalized spacial score (nSPS) is 11.8. The molecule has 1 rings (SSSR count). The van der Waals surface area contributed by atoms with Crippen molar-refractivity contribution in [1.82, 2.24) is 9.88 Å². The summed E-state index contributed by atoms with van der Waals surface area (Å²) in [4.78, 5) is 6.49. The third kappa shape index (κ3) is 4.53. The zero-order valence-corrected chi connectivity index (χ0v) is 10.9. The Bertz CT molecular complexity index is 359. The van der Waals surface area contributed by atoms with E-state index in [-0.39, 0.29) is 11.3 Å². The van der Waals surface area contributed by atoms with Gasteiger partial charge >= 0.3 is 0 Å². The van der Waals surface area contributed by atoms with Gasteiger partial charge in [-0.25, -0.2) is 0 Å². The summed E-state index contributed by atoms with van der Waals surface area (Å²) in [6.07, 6.45) is 2.69. The highest BCUT2D eigenvalue weighted by atomic mass is 15.1. The van der Waals surface area contributed by atoms with Gasteiger partial charge in [0, 0.05) is 18.2 Å². The average molecular weight is 234 g/mol. The number of nitrogens with one attached hydrogen (secondary N) is 1. The smallest absolute Gasteiger partial charge is 0.0963 e. The SMILES string of the molecule is CN(CCC(C)(C)C(=N)N)Cc1ccccn1. The Labute approximate surface area is 103 Å². The standard InChI is InChI=1S/C13H22N4/c1-13(2,12(14)15)7-9-17(3)10-11-6-4-5-8-16-11/h4-6,8H,7,9-10H2,1-3H3,(H3,14,15). The maximum Gasteiger partial charge on any atom is 0.0963 e. The highest BCUT2D eigenvalue weighted by Crippen LogP contribution is 2.20. The van der Waals surface area contributed by atoms with Crippen molar-refractivity contribution in [3.05, 3.63) is 30.1 Å². The molecule has 4 nitrogen and oxygen atoms in total. The zero-order chi connectivity index (χ0) is 12.9. The summed E-state index contributed by atoms with van der Waals surface area (Å²) >= 11 is 0. The lowest BCUT2D eigenvalue weighted by Gasteiger charge is -2.26. The second kappa shape index (κ2) is 5.77. The van der Waals surface area contributed by atoms with Crippen LogP contribution in [0.3, 0.4) is 0 Å². The average Bonchev–Trinajstić information content (AvgIpc) is 2.28. The third-order valence-corrected chi connectivity index (χ3v) is 3.01. The molecular formula is C13H22N4. The Morgan fingerprint density at radius 1 is 1.47 bits per heavy atom. The van der Waals surface area contributed by atoms with Gasteiger partial charge in [-0.1, -0.05) is 19.9 Å². The van der Waals surface area contributed by atoms with Crippen LogP contribution in [0.15, 0.2) is 24.4 Å². The molecule has 0 saturated carbocycles. The Morgan fingerprint density at radius 3 is 2.71 bits per heavy atom. The van der Waals surface area contributed by atoms with Crippen LogP contribution in [0.25, 0.3) is 0 Å². The van der Waals surface area contributed by atoms with E-state index in [4.69, 9.17) is 11.1 Å². The van der Waals surface area contributed by atoms with Crippen LogP contribution in [-0.4, -0.2) is 29.3 Å². The lowest BCUT2D eigenvalue weighted by Crippen LogP contribution is -2.34. The fraction of sp³-hybridized carbons (Fsp3) is 0.538. The van der Waals surface area contributed by atoms with E-state index in [1.54, 1.807) is 0 Å². The van der Waals surface area contributed by atoms with Crippen LogP contribution < -0.4 is 5.73 Å². The molecule has 0 aliphatic carbocycles. The summed E-state index contributed by atoms with van der Waals surface area (Å²) in [5.41, 5.74) is 6.40. The molecule has 0 aliphatic heterocycles. The van der Waals surface area contributed by atoms with Crippen LogP contribution >= 0.6 is 0 Å². The van der Waals surface area contributed by atoms with Gasteiger partial charge in [-0.05, 0) is 32.1 Å². The fourth-order valence-corrected chi connectivity index (χ4v) is 1.45. The number of nitrogens with zero attached hydrogens (tertiary/aromatic N) is 2. The van der Waals surface area contributed by atoms with E-state index in [9.17, 15) is 0 Å². The first kappa shape index (κ1) is 13.6. The van der Waals surface area contributed by atoms with E-state index in [2.05, 4.69) is 16.9 Å². The lowest BCUT2D eigenvalue weighted by atomic mass is 9.88. The Balaban J connectivity index is 2.41. The predicted molar refractivity (Wildman–Crippen MR) is 70.9 cm³/mol. The minimum absolute atomic E-state index is 0.224. The van der Waals surface area contributed by atoms with Crippen LogP contribution in [0.2, 0.25) is 0 Å². The molecule has 1 heterocycles. The number of rotatable bonds is 6. The largest absolute Gasteiger partial charge is 0.387 e. The van der Waals surface area contributed by atoms with E-state index in [1.165, 1.54) is 0 Å². The number of hydrogen-bond acceptors (Lipinski definition) is 3. The van der Waals surface area contributed by atoms with E-state index in [0.29, 0.717) is 0 Å². The van der Waals surface area contributed by atoms with Crippen LogP contribution in [0.1, 0.15) is 26.0 Å². The van der Waals surface area contributed by atoms with Crippen molar-refractivity contribution >= 4 is 5.84 Å². The van der Waals surface area contributed by atoms with Crippen molar-refractivity contribution in [2.45, 2.75) is 26.8 Å². The Morgan fingerprint density at radius 2 is 2.18 bits per heavy atom. The van der Waals surface area contributed by atoms with E-state index < -0.39 is 0 Å². The molecular weight excluding hydrogens is 212 g/mol. The molecule has 0 radical (unpaired) electrons. The summed E-state index contributed by atoms with van der Waals surface area (Å²) < 4.78 is 0. The van der Waals surface area contributed by atoms with Crippen LogP contribution in [0.4, 0.5) is 0 Å². The summed E-state index contributed by atoms with van der Waals surface area (Å²) in [7, 11) is 2.06. The van der Waals surface area contributed by atoms with Crippen molar-refractivity contribution in [2.24, 2.45) is 11.1 Å². The molecule has 0 saturated heterocycles. The monoisotopic (exact) mass is 234 g/mol. The number of amidine groups is 1. The Hall–Kier alpha value is -1.42. The first-order chi connectivity index (χ1) is 7.92. The quantitative estimate of drug-likeness (QED) is 0.583. The molecule has 94 valence electrons. The van der Waals surface area contributed by atoms with Gasteiger partial charge in [0.25, 0.3) is 0 Å². The fourth-order valence-electron chi connectivity index (χ4n) is 1.45. The van der Waals surface area contributed by atoms with Gasteiger partial charge in [-0.15, -0.1) is 0 Å². The van der Waals surface area contributed by atoms with Crippen molar-refractivity contribution in [3.8, 4) is 0 Å². The topological polar surface area (TPSA) is 66.0 Å². The maximum atomic E-state index is 7.51. The second-order valence-corrected chi connectivity index (χ2v) is 5.11. The molecule has 0 aliphatic rings. The van der Waals surface area contributed by atoms with E-state index in [0.717, 1.165) is 25.2 Å². The number of pyridine rings is 1. The molecule has 0 fully saturated rings. The van der Waals surface area contributed by atoms with Gasteiger partial charge in [0.2, 0.25) is 0 Å². The van der Waals surface area contributed by atoms with Crippen molar-refractivity contribution in [3.63, 3.8) is 0 Å². The van der Waals surface area contributed by atoms with E-state index in [1.807, 2.05) is 38.2 Å². The molecule has 3 N–H and O–H groups in total. The highest BCUT2D eigenvalue weighted by molar-refractivity contribution is 5.82. The molecule has 4 heteroatoms. The van der Waals surface area contributed by atoms with Crippen LogP contribution in [0, 0.1) is 10.8 Å². The molecule has 1 aromatic heterocycles. The maximum absolute atomic E-state index is 7.51. The summed E-state index contributed by atoms with van der Waals surface area (Å²) in [5.74, 6) is 0.253. The van der Waals surface area contributed by atoms with Crippen LogP contribution in [-0.2, 0) is 6.54 Å². The van der Waals surface area contributed by atoms with Gasteiger partial charge in [0.05, 0.1) is 11.5 Å². The molecule has 1 aromatic rings. The third-order valence-electron chi connectivity index (χ3n) is 3.01. The molecule has 0 spiro atoms. The summed E-state index contributed by atoms with van der Waals surface area (Å²) in [6.45, 7) is 5.74. The zero-order valence-electron chi connectivity index (χ0n) is 10.9. The Kier molecular flexibility index (Phi) is 4.63. The first-order valence-corrected chi connectivity index (χ1v) is 5.85. The minimum atomic E-state index is -0.224. The van der Waals surface area contributed by atoms with Crippen LogP contribution in [0.5, 0.6) is 0 Å². The second-order valence-electron chi connectivity index (χ2n) is 5.11.